The van der Waals surface area contributed by atoms with Gasteiger partial charge in [0.1, 0.15) is 5.92 Å². The normalized spacial score (nSPS) is 12.2. The fourth-order valence-electron chi connectivity index (χ4n) is 1.38. The number of hydrogen-bond donors (Lipinski definition) is 1. The molecule has 0 aromatic heterocycles. The minimum absolute atomic E-state index is 0.00109. The van der Waals surface area contributed by atoms with Crippen molar-refractivity contribution < 1.29 is 23.8 Å². The van der Waals surface area contributed by atoms with Gasteiger partial charge in [-0.1, -0.05) is 6.07 Å². The standard InChI is InChI=1S/C11H13FO4/c1-15-6-8(11(13)14)7-3-4-10(16-2)9(12)5-7/h3-5,8H,6H2,1-2H3,(H,13,14). The Balaban J connectivity index is 3.01. The lowest BCUT2D eigenvalue weighted by Gasteiger charge is -2.12. The molecule has 0 saturated heterocycles. The lowest BCUT2D eigenvalue weighted by atomic mass is 10.00. The average molecular weight is 228 g/mol. The Labute approximate surface area is 92.6 Å². The zero-order valence-corrected chi connectivity index (χ0v) is 9.07. The van der Waals surface area contributed by atoms with Gasteiger partial charge in [0, 0.05) is 7.11 Å². The van der Waals surface area contributed by atoms with Crippen LogP contribution in [-0.2, 0) is 9.53 Å². The van der Waals surface area contributed by atoms with Gasteiger partial charge in [-0.15, -0.1) is 0 Å². The second kappa shape index (κ2) is 5.46. The highest BCUT2D eigenvalue weighted by Gasteiger charge is 2.20. The molecule has 88 valence electrons. The highest BCUT2D eigenvalue weighted by molar-refractivity contribution is 5.76. The van der Waals surface area contributed by atoms with Crippen LogP contribution in [-0.4, -0.2) is 31.9 Å². The molecule has 0 radical (unpaired) electrons. The number of halogens is 1. The molecule has 1 aromatic rings. The molecule has 1 rings (SSSR count). The zero-order valence-electron chi connectivity index (χ0n) is 9.07. The van der Waals surface area contributed by atoms with Gasteiger partial charge in [0.15, 0.2) is 11.6 Å². The first-order chi connectivity index (χ1) is 7.60. The molecular weight excluding hydrogens is 215 g/mol. The van der Waals surface area contributed by atoms with Gasteiger partial charge in [-0.2, -0.15) is 0 Å². The van der Waals surface area contributed by atoms with Crippen LogP contribution in [0, 0.1) is 5.82 Å². The van der Waals surface area contributed by atoms with Gasteiger partial charge in [-0.25, -0.2) is 4.39 Å². The van der Waals surface area contributed by atoms with Crippen molar-refractivity contribution in [1.82, 2.24) is 0 Å². The monoisotopic (exact) mass is 228 g/mol. The Kier molecular flexibility index (Phi) is 4.25. The van der Waals surface area contributed by atoms with Crippen LogP contribution in [0.5, 0.6) is 5.75 Å². The van der Waals surface area contributed by atoms with Crippen molar-refractivity contribution in [2.24, 2.45) is 0 Å². The molecule has 0 aliphatic rings. The summed E-state index contributed by atoms with van der Waals surface area (Å²) in [4.78, 5) is 10.9. The minimum Gasteiger partial charge on any atom is -0.494 e. The molecule has 0 saturated carbocycles. The van der Waals surface area contributed by atoms with Crippen molar-refractivity contribution in [3.05, 3.63) is 29.6 Å². The number of aliphatic carboxylic acids is 1. The first kappa shape index (κ1) is 12.4. The predicted octanol–water partition coefficient (Wildman–Crippen LogP) is 1.65. The Bertz CT molecular complexity index is 378. The molecule has 1 aromatic carbocycles. The largest absolute Gasteiger partial charge is 0.494 e. The van der Waals surface area contributed by atoms with Gasteiger partial charge in [0.2, 0.25) is 0 Å². The van der Waals surface area contributed by atoms with Crippen LogP contribution in [0.3, 0.4) is 0 Å². The maximum Gasteiger partial charge on any atom is 0.313 e. The summed E-state index contributed by atoms with van der Waals surface area (Å²) in [5.41, 5.74) is 0.354. The Hall–Kier alpha value is -1.62. The second-order valence-electron chi connectivity index (χ2n) is 3.24. The van der Waals surface area contributed by atoms with E-state index in [1.807, 2.05) is 0 Å². The molecule has 0 fully saturated rings. The van der Waals surface area contributed by atoms with Crippen molar-refractivity contribution in [2.75, 3.05) is 20.8 Å². The maximum atomic E-state index is 13.4. The summed E-state index contributed by atoms with van der Waals surface area (Å²) < 4.78 is 22.9. The molecule has 5 heteroatoms. The van der Waals surface area contributed by atoms with Crippen molar-refractivity contribution in [3.8, 4) is 5.75 Å². The topological polar surface area (TPSA) is 55.8 Å². The molecule has 1 unspecified atom stereocenters. The van der Waals surface area contributed by atoms with Crippen molar-refractivity contribution in [2.45, 2.75) is 5.92 Å². The lowest BCUT2D eigenvalue weighted by molar-refractivity contribution is -0.140. The van der Waals surface area contributed by atoms with Crippen LogP contribution >= 0.6 is 0 Å². The summed E-state index contributed by atoms with van der Waals surface area (Å²) in [6.45, 7) is 0.00109. The van der Waals surface area contributed by atoms with E-state index in [-0.39, 0.29) is 12.4 Å². The molecule has 4 nitrogen and oxygen atoms in total. The van der Waals surface area contributed by atoms with Gasteiger partial charge in [-0.05, 0) is 17.7 Å². The fraction of sp³-hybridized carbons (Fsp3) is 0.364. The number of carbonyl (C=O) groups is 1. The van der Waals surface area contributed by atoms with Crippen molar-refractivity contribution in [1.29, 1.82) is 0 Å². The van der Waals surface area contributed by atoms with E-state index in [1.165, 1.54) is 26.4 Å². The third-order valence-electron chi connectivity index (χ3n) is 2.21. The van der Waals surface area contributed by atoms with E-state index >= 15 is 0 Å². The summed E-state index contributed by atoms with van der Waals surface area (Å²) in [5, 5.41) is 8.94. The van der Waals surface area contributed by atoms with E-state index in [1.54, 1.807) is 0 Å². The van der Waals surface area contributed by atoms with Crippen LogP contribution in [0.15, 0.2) is 18.2 Å². The Morgan fingerprint density at radius 2 is 2.19 bits per heavy atom. The van der Waals surface area contributed by atoms with Crippen molar-refractivity contribution >= 4 is 5.97 Å². The van der Waals surface area contributed by atoms with E-state index in [9.17, 15) is 9.18 Å². The van der Waals surface area contributed by atoms with Gasteiger partial charge >= 0.3 is 5.97 Å². The molecule has 1 N–H and O–H groups in total. The molecular formula is C11H13FO4. The number of benzene rings is 1. The summed E-state index contributed by atoms with van der Waals surface area (Å²) in [6.07, 6.45) is 0. The Morgan fingerprint density at radius 3 is 2.62 bits per heavy atom. The number of methoxy groups -OCH3 is 2. The first-order valence-electron chi connectivity index (χ1n) is 4.65. The average Bonchev–Trinajstić information content (AvgIpc) is 2.25. The number of carboxylic acid groups (broad SMARTS) is 1. The van der Waals surface area contributed by atoms with E-state index < -0.39 is 17.7 Å². The number of rotatable bonds is 5. The molecule has 16 heavy (non-hydrogen) atoms. The lowest BCUT2D eigenvalue weighted by Crippen LogP contribution is -2.17. The van der Waals surface area contributed by atoms with Gasteiger partial charge in [0.05, 0.1) is 13.7 Å². The van der Waals surface area contributed by atoms with E-state index in [0.29, 0.717) is 5.56 Å². The molecule has 0 bridgehead atoms. The molecule has 0 amide bonds. The van der Waals surface area contributed by atoms with Crippen molar-refractivity contribution in [3.63, 3.8) is 0 Å². The third kappa shape index (κ3) is 2.70. The molecule has 1 atom stereocenters. The fourth-order valence-corrected chi connectivity index (χ4v) is 1.38. The SMILES string of the molecule is COCC(C(=O)O)c1ccc(OC)c(F)c1. The second-order valence-corrected chi connectivity index (χ2v) is 3.24. The van der Waals surface area contributed by atoms with Gasteiger partial charge in [-0.3, -0.25) is 4.79 Å². The molecule has 0 spiro atoms. The summed E-state index contributed by atoms with van der Waals surface area (Å²) >= 11 is 0. The molecule has 0 aliphatic heterocycles. The van der Waals surface area contributed by atoms with E-state index in [2.05, 4.69) is 0 Å². The van der Waals surface area contributed by atoms with Crippen LogP contribution in [0.2, 0.25) is 0 Å². The smallest absolute Gasteiger partial charge is 0.313 e. The summed E-state index contributed by atoms with van der Waals surface area (Å²) in [6, 6.07) is 4.06. The highest BCUT2D eigenvalue weighted by atomic mass is 19.1. The first-order valence-corrected chi connectivity index (χ1v) is 4.65. The number of hydrogen-bond acceptors (Lipinski definition) is 3. The van der Waals surface area contributed by atoms with Crippen LogP contribution in [0.4, 0.5) is 4.39 Å². The maximum absolute atomic E-state index is 13.4. The summed E-state index contributed by atoms with van der Waals surface area (Å²) in [7, 11) is 2.75. The highest BCUT2D eigenvalue weighted by Crippen LogP contribution is 2.23. The van der Waals surface area contributed by atoms with Gasteiger partial charge in [0.25, 0.3) is 0 Å². The number of carboxylic acids is 1. The predicted molar refractivity (Wildman–Crippen MR) is 55.2 cm³/mol. The zero-order chi connectivity index (χ0) is 12.1. The summed E-state index contributed by atoms with van der Waals surface area (Å²) in [5.74, 6) is -2.41. The number of ether oxygens (including phenoxy) is 2. The molecule has 0 aliphatic carbocycles. The minimum atomic E-state index is -1.05. The third-order valence-corrected chi connectivity index (χ3v) is 2.21. The Morgan fingerprint density at radius 1 is 1.50 bits per heavy atom. The van der Waals surface area contributed by atoms with Crippen LogP contribution in [0.1, 0.15) is 11.5 Å². The van der Waals surface area contributed by atoms with Crippen LogP contribution in [0.25, 0.3) is 0 Å². The van der Waals surface area contributed by atoms with Gasteiger partial charge < -0.3 is 14.6 Å². The van der Waals surface area contributed by atoms with E-state index in [4.69, 9.17) is 14.6 Å². The van der Waals surface area contributed by atoms with E-state index in [0.717, 1.165) is 6.07 Å². The molecule has 0 heterocycles. The quantitative estimate of drug-likeness (QED) is 0.832. The van der Waals surface area contributed by atoms with Crippen LogP contribution < -0.4 is 4.74 Å².